The molecule has 0 fully saturated rings. The van der Waals surface area contributed by atoms with Gasteiger partial charge in [0.25, 0.3) is 0 Å². The highest BCUT2D eigenvalue weighted by Gasteiger charge is 2.23. The highest BCUT2D eigenvalue weighted by Crippen LogP contribution is 2.28. The predicted molar refractivity (Wildman–Crippen MR) is 90.8 cm³/mol. The minimum absolute atomic E-state index is 0.245. The molecule has 0 saturated heterocycles. The van der Waals surface area contributed by atoms with Gasteiger partial charge in [-0.25, -0.2) is 4.79 Å². The van der Waals surface area contributed by atoms with Gasteiger partial charge in [0.15, 0.2) is 6.04 Å². The molecule has 0 spiro atoms. The molecule has 1 atom stereocenters. The highest BCUT2D eigenvalue weighted by molar-refractivity contribution is 9.10. The molecule has 0 aliphatic heterocycles. The zero-order valence-corrected chi connectivity index (χ0v) is 14.5. The summed E-state index contributed by atoms with van der Waals surface area (Å²) in [5.41, 5.74) is 0.891. The molecule has 0 aliphatic rings. The number of rotatable bonds is 6. The van der Waals surface area contributed by atoms with Crippen LogP contribution in [0.3, 0.4) is 0 Å². The minimum Gasteiger partial charge on any atom is -0.464 e. The van der Waals surface area contributed by atoms with Gasteiger partial charge in [-0.15, -0.1) is 11.3 Å². The Labute approximate surface area is 137 Å². The van der Waals surface area contributed by atoms with Crippen LogP contribution in [-0.2, 0) is 16.0 Å². The third-order valence-electron chi connectivity index (χ3n) is 2.99. The van der Waals surface area contributed by atoms with Crippen molar-refractivity contribution in [2.24, 2.45) is 0 Å². The number of halogens is 1. The molecule has 3 nitrogen and oxygen atoms in total. The van der Waals surface area contributed by atoms with E-state index in [9.17, 15) is 4.79 Å². The molecule has 1 aromatic carbocycles. The standard InChI is InChI=1S/C16H18BrNO2S/c1-3-13-9-10-14(21-13)15(16(19)20-4-2)18-12-7-5-11(17)6-8-12/h5-10,15,18H,3-4H2,1-2H3. The van der Waals surface area contributed by atoms with Gasteiger partial charge in [-0.05, 0) is 49.7 Å². The van der Waals surface area contributed by atoms with Crippen LogP contribution >= 0.6 is 27.3 Å². The van der Waals surface area contributed by atoms with E-state index >= 15 is 0 Å². The van der Waals surface area contributed by atoms with Crippen LogP contribution in [0.5, 0.6) is 0 Å². The molecule has 0 amide bonds. The lowest BCUT2D eigenvalue weighted by molar-refractivity contribution is -0.144. The van der Waals surface area contributed by atoms with Gasteiger partial charge in [-0.1, -0.05) is 22.9 Å². The summed E-state index contributed by atoms with van der Waals surface area (Å²) in [5, 5.41) is 3.26. The summed E-state index contributed by atoms with van der Waals surface area (Å²) in [6.45, 7) is 4.31. The molecule has 1 heterocycles. The van der Waals surface area contributed by atoms with Crippen LogP contribution in [0.2, 0.25) is 0 Å². The first-order valence-electron chi connectivity index (χ1n) is 6.91. The smallest absolute Gasteiger partial charge is 0.334 e. The number of ether oxygens (including phenoxy) is 1. The number of carbonyl (C=O) groups excluding carboxylic acids is 1. The topological polar surface area (TPSA) is 38.3 Å². The molecule has 2 aromatic rings. The normalized spacial score (nSPS) is 12.0. The zero-order valence-electron chi connectivity index (χ0n) is 12.1. The number of esters is 1. The van der Waals surface area contributed by atoms with E-state index in [0.717, 1.165) is 21.5 Å². The van der Waals surface area contributed by atoms with Gasteiger partial charge in [0, 0.05) is 19.9 Å². The van der Waals surface area contributed by atoms with Crippen molar-refractivity contribution in [2.45, 2.75) is 26.3 Å². The second-order valence-electron chi connectivity index (χ2n) is 4.49. The molecular weight excluding hydrogens is 350 g/mol. The lowest BCUT2D eigenvalue weighted by Crippen LogP contribution is -2.22. The van der Waals surface area contributed by atoms with Gasteiger partial charge in [-0.3, -0.25) is 0 Å². The second-order valence-corrected chi connectivity index (χ2v) is 6.61. The Morgan fingerprint density at radius 1 is 1.24 bits per heavy atom. The van der Waals surface area contributed by atoms with E-state index in [0.29, 0.717) is 6.61 Å². The maximum atomic E-state index is 12.2. The lowest BCUT2D eigenvalue weighted by Gasteiger charge is -2.17. The van der Waals surface area contributed by atoms with Gasteiger partial charge in [-0.2, -0.15) is 0 Å². The maximum Gasteiger partial charge on any atom is 0.334 e. The molecule has 0 saturated carbocycles. The molecule has 1 N–H and O–H groups in total. The Morgan fingerprint density at radius 3 is 2.52 bits per heavy atom. The van der Waals surface area contributed by atoms with Crippen molar-refractivity contribution in [3.05, 3.63) is 50.6 Å². The lowest BCUT2D eigenvalue weighted by atomic mass is 10.2. The third-order valence-corrected chi connectivity index (χ3v) is 4.82. The summed E-state index contributed by atoms with van der Waals surface area (Å²) in [4.78, 5) is 14.5. The van der Waals surface area contributed by atoms with Crippen LogP contribution in [0, 0.1) is 0 Å². The van der Waals surface area contributed by atoms with Gasteiger partial charge in [0.05, 0.1) is 6.61 Å². The second kappa shape index (κ2) is 7.61. The number of hydrogen-bond acceptors (Lipinski definition) is 4. The molecular formula is C16H18BrNO2S. The van der Waals surface area contributed by atoms with Crippen molar-refractivity contribution in [3.63, 3.8) is 0 Å². The molecule has 0 radical (unpaired) electrons. The zero-order chi connectivity index (χ0) is 15.2. The summed E-state index contributed by atoms with van der Waals surface area (Å²) < 4.78 is 6.20. The molecule has 112 valence electrons. The minimum atomic E-state index is -0.462. The molecule has 1 aromatic heterocycles. The molecule has 5 heteroatoms. The summed E-state index contributed by atoms with van der Waals surface area (Å²) in [5.74, 6) is -0.245. The van der Waals surface area contributed by atoms with Gasteiger partial charge in [0.1, 0.15) is 0 Å². The molecule has 21 heavy (non-hydrogen) atoms. The van der Waals surface area contributed by atoms with E-state index in [1.54, 1.807) is 11.3 Å². The fraction of sp³-hybridized carbons (Fsp3) is 0.312. The van der Waals surface area contributed by atoms with Gasteiger partial charge >= 0.3 is 5.97 Å². The van der Waals surface area contributed by atoms with E-state index in [1.165, 1.54) is 4.88 Å². The van der Waals surface area contributed by atoms with Crippen molar-refractivity contribution < 1.29 is 9.53 Å². The van der Waals surface area contributed by atoms with Crippen molar-refractivity contribution >= 4 is 38.9 Å². The van der Waals surface area contributed by atoms with Crippen LogP contribution < -0.4 is 5.32 Å². The van der Waals surface area contributed by atoms with E-state index in [-0.39, 0.29) is 5.97 Å². The van der Waals surface area contributed by atoms with Gasteiger partial charge < -0.3 is 10.1 Å². The molecule has 2 rings (SSSR count). The highest BCUT2D eigenvalue weighted by atomic mass is 79.9. The third kappa shape index (κ3) is 4.32. The average molecular weight is 368 g/mol. The van der Waals surface area contributed by atoms with Crippen molar-refractivity contribution in [1.82, 2.24) is 0 Å². The fourth-order valence-corrected chi connectivity index (χ4v) is 3.18. The summed E-state index contributed by atoms with van der Waals surface area (Å²) in [7, 11) is 0. The largest absolute Gasteiger partial charge is 0.464 e. The van der Waals surface area contributed by atoms with Crippen molar-refractivity contribution in [2.75, 3.05) is 11.9 Å². The molecule has 0 bridgehead atoms. The maximum absolute atomic E-state index is 12.2. The Balaban J connectivity index is 2.23. The Kier molecular flexibility index (Phi) is 5.82. The van der Waals surface area contributed by atoms with E-state index in [1.807, 2.05) is 37.3 Å². The van der Waals surface area contributed by atoms with Crippen molar-refractivity contribution in [1.29, 1.82) is 0 Å². The number of anilines is 1. The van der Waals surface area contributed by atoms with E-state index in [4.69, 9.17) is 4.74 Å². The number of thiophene rings is 1. The van der Waals surface area contributed by atoms with E-state index in [2.05, 4.69) is 34.2 Å². The number of carbonyl (C=O) groups is 1. The van der Waals surface area contributed by atoms with Crippen LogP contribution in [0.4, 0.5) is 5.69 Å². The average Bonchev–Trinajstić information content (AvgIpc) is 2.95. The van der Waals surface area contributed by atoms with Crippen LogP contribution in [0.25, 0.3) is 0 Å². The van der Waals surface area contributed by atoms with Crippen LogP contribution in [0.1, 0.15) is 29.6 Å². The van der Waals surface area contributed by atoms with Crippen LogP contribution in [0.15, 0.2) is 40.9 Å². The summed E-state index contributed by atoms with van der Waals surface area (Å²) in [6.07, 6.45) is 0.971. The molecule has 1 unspecified atom stereocenters. The van der Waals surface area contributed by atoms with Gasteiger partial charge in [0.2, 0.25) is 0 Å². The number of aryl methyl sites for hydroxylation is 1. The Hall–Kier alpha value is -1.33. The quantitative estimate of drug-likeness (QED) is 0.745. The van der Waals surface area contributed by atoms with E-state index < -0.39 is 6.04 Å². The fourth-order valence-electron chi connectivity index (χ4n) is 1.92. The first kappa shape index (κ1) is 16.0. The number of benzene rings is 1. The molecule has 0 aliphatic carbocycles. The van der Waals surface area contributed by atoms with Crippen molar-refractivity contribution in [3.8, 4) is 0 Å². The predicted octanol–water partition coefficient (Wildman–Crippen LogP) is 4.79. The summed E-state index contributed by atoms with van der Waals surface area (Å²) in [6, 6.07) is 11.4. The SMILES string of the molecule is CCOC(=O)C(Nc1ccc(Br)cc1)c1ccc(CC)s1. The van der Waals surface area contributed by atoms with Crippen LogP contribution in [-0.4, -0.2) is 12.6 Å². The number of nitrogens with one attached hydrogen (secondary N) is 1. The Morgan fingerprint density at radius 2 is 1.95 bits per heavy atom. The monoisotopic (exact) mass is 367 g/mol. The number of hydrogen-bond donors (Lipinski definition) is 1. The first-order valence-corrected chi connectivity index (χ1v) is 8.52. The Bertz CT molecular complexity index is 595. The summed E-state index contributed by atoms with van der Waals surface area (Å²) >= 11 is 5.05. The first-order chi connectivity index (χ1) is 10.1.